The molecular formula is C9H14N3O+. The van der Waals surface area contributed by atoms with Crippen molar-refractivity contribution >= 4 is 0 Å². The van der Waals surface area contributed by atoms with Gasteiger partial charge in [-0.3, -0.25) is 0 Å². The zero-order valence-electron chi connectivity index (χ0n) is 7.81. The van der Waals surface area contributed by atoms with Gasteiger partial charge in [-0.15, -0.1) is 0 Å². The van der Waals surface area contributed by atoms with Crippen molar-refractivity contribution in [1.82, 2.24) is 4.57 Å². The van der Waals surface area contributed by atoms with E-state index in [1.807, 2.05) is 27.9 Å². The van der Waals surface area contributed by atoms with Crippen molar-refractivity contribution in [2.24, 2.45) is 0 Å². The van der Waals surface area contributed by atoms with Crippen LogP contribution >= 0.6 is 0 Å². The quantitative estimate of drug-likeness (QED) is 0.613. The molecule has 1 aromatic rings. The summed E-state index contributed by atoms with van der Waals surface area (Å²) < 4.78 is 9.00. The van der Waals surface area contributed by atoms with Crippen molar-refractivity contribution in [3.63, 3.8) is 0 Å². The number of nitrogens with zero attached hydrogens (tertiary/aromatic N) is 3. The maximum atomic E-state index is 8.39. The molecule has 0 aliphatic heterocycles. The Balaban J connectivity index is 2.40. The fraction of sp³-hybridized carbons (Fsp3) is 0.556. The smallest absolute Gasteiger partial charge is 0.243 e. The van der Waals surface area contributed by atoms with Gasteiger partial charge in [-0.1, -0.05) is 0 Å². The van der Waals surface area contributed by atoms with Gasteiger partial charge in [0.05, 0.1) is 19.1 Å². The van der Waals surface area contributed by atoms with Crippen LogP contribution in [0.15, 0.2) is 18.7 Å². The lowest BCUT2D eigenvalue weighted by Gasteiger charge is -1.93. The summed E-state index contributed by atoms with van der Waals surface area (Å²) in [6.45, 7) is 2.33. The van der Waals surface area contributed by atoms with Crippen molar-refractivity contribution in [3.05, 3.63) is 18.7 Å². The molecule has 0 N–H and O–H groups in total. The van der Waals surface area contributed by atoms with E-state index in [0.29, 0.717) is 13.0 Å². The number of ether oxygens (including phenoxy) is 1. The lowest BCUT2D eigenvalue weighted by molar-refractivity contribution is -0.695. The Morgan fingerprint density at radius 1 is 1.62 bits per heavy atom. The molecule has 0 saturated carbocycles. The Hall–Kier alpha value is -1.34. The molecule has 1 aromatic heterocycles. The minimum absolute atomic E-state index is 0.555. The highest BCUT2D eigenvalue weighted by atomic mass is 16.5. The Labute approximate surface area is 78.0 Å². The Morgan fingerprint density at radius 3 is 3.15 bits per heavy atom. The molecule has 0 radical (unpaired) electrons. The van der Waals surface area contributed by atoms with Crippen molar-refractivity contribution in [3.8, 4) is 6.07 Å². The van der Waals surface area contributed by atoms with Gasteiger partial charge in [0.2, 0.25) is 6.33 Å². The van der Waals surface area contributed by atoms with E-state index in [-0.39, 0.29) is 0 Å². The third kappa shape index (κ3) is 3.26. The summed E-state index contributed by atoms with van der Waals surface area (Å²) in [6, 6.07) is 2.11. The van der Waals surface area contributed by atoms with Crippen LogP contribution in [-0.4, -0.2) is 18.3 Å². The van der Waals surface area contributed by atoms with Crippen LogP contribution < -0.4 is 4.57 Å². The van der Waals surface area contributed by atoms with Gasteiger partial charge in [0.15, 0.2) is 0 Å². The fourth-order valence-electron chi connectivity index (χ4n) is 1.08. The molecule has 0 bridgehead atoms. The van der Waals surface area contributed by atoms with Crippen LogP contribution in [0, 0.1) is 11.3 Å². The summed E-state index contributed by atoms with van der Waals surface area (Å²) in [7, 11) is 1.69. The third-order valence-corrected chi connectivity index (χ3v) is 1.78. The highest BCUT2D eigenvalue weighted by Gasteiger charge is 2.01. The van der Waals surface area contributed by atoms with Crippen molar-refractivity contribution in [2.75, 3.05) is 13.7 Å². The van der Waals surface area contributed by atoms with Gasteiger partial charge < -0.3 is 4.74 Å². The van der Waals surface area contributed by atoms with E-state index in [4.69, 9.17) is 10.00 Å². The van der Waals surface area contributed by atoms with E-state index in [1.165, 1.54) is 0 Å². The zero-order valence-corrected chi connectivity index (χ0v) is 7.81. The van der Waals surface area contributed by atoms with Gasteiger partial charge in [-0.25, -0.2) is 9.13 Å². The second-order valence-electron chi connectivity index (χ2n) is 2.79. The molecule has 1 heterocycles. The average molecular weight is 180 g/mol. The molecular weight excluding hydrogens is 166 g/mol. The summed E-state index contributed by atoms with van der Waals surface area (Å²) >= 11 is 0. The molecule has 0 aromatic carbocycles. The number of methoxy groups -OCH3 is 1. The number of hydrogen-bond donors (Lipinski definition) is 0. The molecule has 0 unspecified atom stereocenters. The lowest BCUT2D eigenvalue weighted by Crippen LogP contribution is -2.30. The molecule has 0 saturated heterocycles. The number of aryl methyl sites for hydroxylation is 1. The van der Waals surface area contributed by atoms with Gasteiger partial charge in [0.25, 0.3) is 0 Å². The van der Waals surface area contributed by atoms with Crippen LogP contribution in [-0.2, 0) is 17.8 Å². The number of aromatic nitrogens is 2. The second-order valence-corrected chi connectivity index (χ2v) is 2.79. The van der Waals surface area contributed by atoms with Gasteiger partial charge in [0.1, 0.15) is 25.5 Å². The molecule has 4 heteroatoms. The molecule has 13 heavy (non-hydrogen) atoms. The molecule has 0 amide bonds. The monoisotopic (exact) mass is 180 g/mol. The van der Waals surface area contributed by atoms with Gasteiger partial charge in [0, 0.05) is 7.11 Å². The number of hydrogen-bond acceptors (Lipinski definition) is 2. The fourth-order valence-corrected chi connectivity index (χ4v) is 1.08. The first-order valence-corrected chi connectivity index (χ1v) is 4.27. The van der Waals surface area contributed by atoms with E-state index < -0.39 is 0 Å². The van der Waals surface area contributed by atoms with Crippen molar-refractivity contribution in [2.45, 2.75) is 19.5 Å². The summed E-state index contributed by atoms with van der Waals surface area (Å²) in [5.41, 5.74) is 0. The van der Waals surface area contributed by atoms with Crippen molar-refractivity contribution in [1.29, 1.82) is 5.26 Å². The number of imidazole rings is 1. The van der Waals surface area contributed by atoms with Gasteiger partial charge in [-0.2, -0.15) is 5.26 Å². The molecule has 4 nitrogen and oxygen atoms in total. The van der Waals surface area contributed by atoms with Gasteiger partial charge in [-0.05, 0) is 0 Å². The standard InChI is InChI=1S/C9H14N3O/c1-13-8-7-12-6-5-11(9-12)4-2-3-10/h5-6,9H,2,4,7-8H2,1H3/q+1. The summed E-state index contributed by atoms with van der Waals surface area (Å²) in [6.07, 6.45) is 6.48. The van der Waals surface area contributed by atoms with E-state index >= 15 is 0 Å². The maximum absolute atomic E-state index is 8.39. The first-order chi connectivity index (χ1) is 6.36. The minimum atomic E-state index is 0.555. The van der Waals surface area contributed by atoms with Gasteiger partial charge >= 0.3 is 0 Å². The highest BCUT2D eigenvalue weighted by Crippen LogP contribution is 1.85. The second kappa shape index (κ2) is 5.33. The lowest BCUT2D eigenvalue weighted by atomic mass is 10.5. The largest absolute Gasteiger partial charge is 0.381 e. The minimum Gasteiger partial charge on any atom is -0.381 e. The zero-order chi connectivity index (χ0) is 9.52. The van der Waals surface area contributed by atoms with E-state index in [1.54, 1.807) is 7.11 Å². The molecule has 70 valence electrons. The summed E-state index contributed by atoms with van der Waals surface area (Å²) in [4.78, 5) is 0. The number of rotatable bonds is 5. The topological polar surface area (TPSA) is 41.8 Å². The molecule has 0 atom stereocenters. The molecule has 0 fully saturated rings. The maximum Gasteiger partial charge on any atom is 0.243 e. The number of nitriles is 1. The first-order valence-electron chi connectivity index (χ1n) is 4.27. The Bertz CT molecular complexity index is 287. The molecule has 0 aliphatic carbocycles. The van der Waals surface area contributed by atoms with Crippen molar-refractivity contribution < 1.29 is 9.30 Å². The predicted molar refractivity (Wildman–Crippen MR) is 46.7 cm³/mol. The van der Waals surface area contributed by atoms with E-state index in [0.717, 1.165) is 13.1 Å². The predicted octanol–water partition coefficient (Wildman–Crippen LogP) is 0.336. The molecule has 0 spiro atoms. The van der Waals surface area contributed by atoms with Crippen LogP contribution in [0.2, 0.25) is 0 Å². The SMILES string of the molecule is COCCn1cc[n+](CCC#N)c1. The summed E-state index contributed by atoms with van der Waals surface area (Å²) in [5, 5.41) is 8.39. The highest BCUT2D eigenvalue weighted by molar-refractivity contribution is 4.68. The molecule has 0 aliphatic rings. The molecule has 1 rings (SSSR count). The van der Waals surface area contributed by atoms with Crippen LogP contribution in [0.25, 0.3) is 0 Å². The van der Waals surface area contributed by atoms with Crippen LogP contribution in [0.1, 0.15) is 6.42 Å². The third-order valence-electron chi connectivity index (χ3n) is 1.78. The van der Waals surface area contributed by atoms with Crippen LogP contribution in [0.3, 0.4) is 0 Å². The van der Waals surface area contributed by atoms with Crippen LogP contribution in [0.5, 0.6) is 0 Å². The average Bonchev–Trinajstić information content (AvgIpc) is 2.59. The normalized spacial score (nSPS) is 9.85. The first kappa shape index (κ1) is 9.75. The van der Waals surface area contributed by atoms with E-state index in [2.05, 4.69) is 6.07 Å². The summed E-state index contributed by atoms with van der Waals surface area (Å²) in [5.74, 6) is 0. The van der Waals surface area contributed by atoms with E-state index in [9.17, 15) is 0 Å². The Kier molecular flexibility index (Phi) is 4.00. The Morgan fingerprint density at radius 2 is 2.46 bits per heavy atom. The van der Waals surface area contributed by atoms with Crippen LogP contribution in [0.4, 0.5) is 0 Å².